The molecule has 0 bridgehead atoms. The quantitative estimate of drug-likeness (QED) is 0.452. The molecule has 0 saturated heterocycles. The third-order valence-corrected chi connectivity index (χ3v) is 4.05. The van der Waals surface area contributed by atoms with E-state index in [-0.39, 0.29) is 17.1 Å². The van der Waals surface area contributed by atoms with Crippen molar-refractivity contribution in [3.8, 4) is 0 Å². The molecule has 7 nitrogen and oxygen atoms in total. The normalized spacial score (nSPS) is 10.8. The van der Waals surface area contributed by atoms with Crippen molar-refractivity contribution in [3.63, 3.8) is 0 Å². The molecule has 0 saturated carbocycles. The van der Waals surface area contributed by atoms with Gasteiger partial charge in [-0.1, -0.05) is 0 Å². The summed E-state index contributed by atoms with van der Waals surface area (Å²) in [6.45, 7) is 0. The smallest absolute Gasteiger partial charge is 0.245 e. The van der Waals surface area contributed by atoms with Gasteiger partial charge in [0.05, 0.1) is 0 Å². The molecule has 9 heteroatoms. The van der Waals surface area contributed by atoms with Gasteiger partial charge in [-0.25, -0.2) is 19.0 Å². The standard InChI is InChI=1S/C16H10FIN6O/c17-9-1-5-11(6-2-9)19-13-14(20-12-7-3-10(18)4-8-12)22-16-15(21-13)23-25-24-16/h1-8H,(H,19,21,23)(H,20,22,24). The van der Waals surface area contributed by atoms with Gasteiger partial charge in [-0.15, -0.1) is 0 Å². The molecule has 2 N–H and O–H groups in total. The zero-order valence-electron chi connectivity index (χ0n) is 12.6. The van der Waals surface area contributed by atoms with Gasteiger partial charge in [-0.05, 0) is 81.4 Å². The highest BCUT2D eigenvalue weighted by Gasteiger charge is 2.13. The van der Waals surface area contributed by atoms with Crippen molar-refractivity contribution in [1.82, 2.24) is 20.3 Å². The van der Waals surface area contributed by atoms with E-state index in [1.165, 1.54) is 12.1 Å². The van der Waals surface area contributed by atoms with Crippen LogP contribution in [-0.4, -0.2) is 20.3 Å². The second-order valence-corrected chi connectivity index (χ2v) is 6.34. The minimum Gasteiger partial charge on any atom is -0.337 e. The zero-order valence-corrected chi connectivity index (χ0v) is 14.7. The van der Waals surface area contributed by atoms with Crippen LogP contribution in [0.3, 0.4) is 0 Å². The van der Waals surface area contributed by atoms with Crippen LogP contribution in [0.25, 0.3) is 11.3 Å². The van der Waals surface area contributed by atoms with Gasteiger partial charge in [-0.2, -0.15) is 0 Å². The molecule has 0 aliphatic rings. The Bertz CT molecular complexity index is 938. The van der Waals surface area contributed by atoms with E-state index in [1.54, 1.807) is 12.1 Å². The predicted octanol–water partition coefficient (Wildman–Crippen LogP) is 4.24. The molecule has 0 fully saturated rings. The maximum Gasteiger partial charge on any atom is 0.245 e. The zero-order chi connectivity index (χ0) is 17.2. The Morgan fingerprint density at radius 3 is 1.76 bits per heavy atom. The van der Waals surface area contributed by atoms with E-state index in [9.17, 15) is 4.39 Å². The topological polar surface area (TPSA) is 88.8 Å². The lowest BCUT2D eigenvalue weighted by molar-refractivity contribution is 0.314. The molecule has 4 rings (SSSR count). The van der Waals surface area contributed by atoms with Crippen molar-refractivity contribution < 1.29 is 9.02 Å². The van der Waals surface area contributed by atoms with Crippen LogP contribution in [0.5, 0.6) is 0 Å². The Hall–Kier alpha value is -2.82. The van der Waals surface area contributed by atoms with Gasteiger partial charge in [0.2, 0.25) is 11.3 Å². The lowest BCUT2D eigenvalue weighted by atomic mass is 10.3. The minimum atomic E-state index is -0.315. The minimum absolute atomic E-state index is 0.276. The molecule has 0 radical (unpaired) electrons. The average molecular weight is 448 g/mol. The van der Waals surface area contributed by atoms with Gasteiger partial charge in [0, 0.05) is 14.9 Å². The van der Waals surface area contributed by atoms with Crippen LogP contribution in [0.2, 0.25) is 0 Å². The SMILES string of the molecule is Fc1ccc(Nc2nc3nonc3nc2Nc2ccc(I)cc2)cc1. The average Bonchev–Trinajstić information content (AvgIpc) is 3.06. The van der Waals surface area contributed by atoms with E-state index in [2.05, 4.69) is 58.1 Å². The van der Waals surface area contributed by atoms with Crippen LogP contribution >= 0.6 is 22.6 Å². The fourth-order valence-corrected chi connectivity index (χ4v) is 2.51. The molecule has 2 aromatic heterocycles. The third kappa shape index (κ3) is 3.50. The number of fused-ring (bicyclic) bond motifs is 1. The summed E-state index contributed by atoms with van der Waals surface area (Å²) in [5.41, 5.74) is 2.07. The highest BCUT2D eigenvalue weighted by Crippen LogP contribution is 2.27. The van der Waals surface area contributed by atoms with Crippen LogP contribution in [0.4, 0.5) is 27.4 Å². The first-order valence-corrected chi connectivity index (χ1v) is 8.31. The van der Waals surface area contributed by atoms with E-state index >= 15 is 0 Å². The van der Waals surface area contributed by atoms with E-state index in [4.69, 9.17) is 0 Å². The first kappa shape index (κ1) is 15.7. The first-order valence-electron chi connectivity index (χ1n) is 7.23. The molecule has 0 spiro atoms. The molecule has 0 aliphatic heterocycles. The second-order valence-electron chi connectivity index (χ2n) is 5.10. The van der Waals surface area contributed by atoms with Crippen molar-refractivity contribution in [2.75, 3.05) is 10.6 Å². The lowest BCUT2D eigenvalue weighted by Gasteiger charge is -2.11. The van der Waals surface area contributed by atoms with E-state index < -0.39 is 0 Å². The molecule has 4 aromatic rings. The van der Waals surface area contributed by atoms with Crippen molar-refractivity contribution in [2.45, 2.75) is 0 Å². The number of hydrogen-bond donors (Lipinski definition) is 2. The van der Waals surface area contributed by atoms with Gasteiger partial charge in [-0.3, -0.25) is 0 Å². The van der Waals surface area contributed by atoms with Crippen LogP contribution in [-0.2, 0) is 0 Å². The van der Waals surface area contributed by atoms with Crippen molar-refractivity contribution in [2.24, 2.45) is 0 Å². The largest absolute Gasteiger partial charge is 0.337 e. The van der Waals surface area contributed by atoms with Gasteiger partial charge in [0.1, 0.15) is 5.82 Å². The number of halogens is 2. The number of rotatable bonds is 4. The summed E-state index contributed by atoms with van der Waals surface area (Å²) >= 11 is 2.23. The maximum absolute atomic E-state index is 13.1. The van der Waals surface area contributed by atoms with Crippen molar-refractivity contribution in [1.29, 1.82) is 0 Å². The molecular formula is C16H10FIN6O. The van der Waals surface area contributed by atoms with Gasteiger partial charge < -0.3 is 10.6 Å². The summed E-state index contributed by atoms with van der Waals surface area (Å²) in [5.74, 6) is 0.562. The van der Waals surface area contributed by atoms with E-state index in [0.717, 1.165) is 9.26 Å². The highest BCUT2D eigenvalue weighted by molar-refractivity contribution is 14.1. The molecule has 0 atom stereocenters. The number of nitrogens with one attached hydrogen (secondary N) is 2. The maximum atomic E-state index is 13.1. The summed E-state index contributed by atoms with van der Waals surface area (Å²) in [4.78, 5) is 8.76. The number of anilines is 4. The Kier molecular flexibility index (Phi) is 4.14. The summed E-state index contributed by atoms with van der Waals surface area (Å²) in [6.07, 6.45) is 0. The van der Waals surface area contributed by atoms with Crippen LogP contribution in [0, 0.1) is 9.39 Å². The molecule has 2 aromatic carbocycles. The second kappa shape index (κ2) is 6.59. The molecule has 124 valence electrons. The van der Waals surface area contributed by atoms with Gasteiger partial charge in [0.15, 0.2) is 11.6 Å². The molecule has 25 heavy (non-hydrogen) atoms. The molecule has 0 aliphatic carbocycles. The monoisotopic (exact) mass is 448 g/mol. The van der Waals surface area contributed by atoms with Crippen LogP contribution in [0.1, 0.15) is 0 Å². The molecule has 2 heterocycles. The summed E-state index contributed by atoms with van der Waals surface area (Å²) in [6, 6.07) is 13.7. The summed E-state index contributed by atoms with van der Waals surface area (Å²) < 4.78 is 18.9. The van der Waals surface area contributed by atoms with Gasteiger partial charge >= 0.3 is 0 Å². The van der Waals surface area contributed by atoms with Crippen molar-refractivity contribution in [3.05, 3.63) is 57.9 Å². The fraction of sp³-hybridized carbons (Fsp3) is 0. The number of aromatic nitrogens is 4. The first-order chi connectivity index (χ1) is 12.2. The number of hydrogen-bond acceptors (Lipinski definition) is 7. The lowest BCUT2D eigenvalue weighted by Crippen LogP contribution is -2.03. The van der Waals surface area contributed by atoms with Crippen LogP contribution in [0.15, 0.2) is 53.2 Å². The predicted molar refractivity (Wildman–Crippen MR) is 99.5 cm³/mol. The van der Waals surface area contributed by atoms with Crippen LogP contribution < -0.4 is 10.6 Å². The molecule has 0 unspecified atom stereocenters. The fourth-order valence-electron chi connectivity index (χ4n) is 2.15. The Morgan fingerprint density at radius 1 is 0.760 bits per heavy atom. The molecular weight excluding hydrogens is 438 g/mol. The van der Waals surface area contributed by atoms with E-state index in [1.807, 2.05) is 24.3 Å². The Balaban J connectivity index is 1.72. The summed E-state index contributed by atoms with van der Waals surface area (Å²) in [7, 11) is 0. The Morgan fingerprint density at radius 2 is 1.24 bits per heavy atom. The van der Waals surface area contributed by atoms with Gasteiger partial charge in [0.25, 0.3) is 0 Å². The highest BCUT2D eigenvalue weighted by atomic mass is 127. The van der Waals surface area contributed by atoms with E-state index in [0.29, 0.717) is 17.3 Å². The number of nitrogens with zero attached hydrogens (tertiary/aromatic N) is 4. The molecule has 0 amide bonds. The van der Waals surface area contributed by atoms with Crippen molar-refractivity contribution >= 4 is 56.9 Å². The third-order valence-electron chi connectivity index (χ3n) is 3.33. The Labute approximate surface area is 154 Å². The number of benzene rings is 2. The summed E-state index contributed by atoms with van der Waals surface area (Å²) in [5, 5.41) is 13.7.